The van der Waals surface area contributed by atoms with Crippen LogP contribution in [0.2, 0.25) is 0 Å². The van der Waals surface area contributed by atoms with Crippen LogP contribution in [0.4, 0.5) is 4.79 Å². The molecule has 1 aliphatic rings. The maximum absolute atomic E-state index is 10.3. The molecule has 6 nitrogen and oxygen atoms in total. The van der Waals surface area contributed by atoms with E-state index in [1.807, 2.05) is 0 Å². The molecule has 15 heavy (non-hydrogen) atoms. The van der Waals surface area contributed by atoms with Crippen molar-refractivity contribution in [2.45, 2.75) is 38.1 Å². The Morgan fingerprint density at radius 1 is 1.53 bits per heavy atom. The third-order valence-electron chi connectivity index (χ3n) is 2.86. The van der Waals surface area contributed by atoms with E-state index >= 15 is 0 Å². The highest BCUT2D eigenvalue weighted by atomic mass is 16.4. The first-order valence-corrected chi connectivity index (χ1v) is 5.25. The summed E-state index contributed by atoms with van der Waals surface area (Å²) in [7, 11) is 0. The predicted molar refractivity (Wildman–Crippen MR) is 55.5 cm³/mol. The highest BCUT2D eigenvalue weighted by Crippen LogP contribution is 2.27. The zero-order chi connectivity index (χ0) is 11.1. The molecule has 0 spiro atoms. The first-order chi connectivity index (χ1) is 7.24. The van der Waals surface area contributed by atoms with Crippen molar-refractivity contribution < 1.29 is 9.90 Å². The summed E-state index contributed by atoms with van der Waals surface area (Å²) in [5, 5.41) is 14.4. The molecule has 0 heterocycles. The van der Waals surface area contributed by atoms with E-state index in [-0.39, 0.29) is 12.6 Å². The Bertz CT molecular complexity index is 257. The Morgan fingerprint density at radius 3 is 2.73 bits per heavy atom. The van der Waals surface area contributed by atoms with Crippen molar-refractivity contribution in [2.24, 2.45) is 11.0 Å². The van der Waals surface area contributed by atoms with E-state index in [9.17, 15) is 4.79 Å². The Morgan fingerprint density at radius 2 is 2.20 bits per heavy atom. The van der Waals surface area contributed by atoms with Crippen LogP contribution in [0.3, 0.4) is 0 Å². The van der Waals surface area contributed by atoms with Crippen LogP contribution in [0.25, 0.3) is 10.4 Å². The number of rotatable bonds is 4. The van der Waals surface area contributed by atoms with Crippen molar-refractivity contribution in [3.05, 3.63) is 10.4 Å². The van der Waals surface area contributed by atoms with Crippen LogP contribution >= 0.6 is 0 Å². The quantitative estimate of drug-likeness (QED) is 0.425. The van der Waals surface area contributed by atoms with Crippen molar-refractivity contribution in [3.63, 3.8) is 0 Å². The molecule has 1 fully saturated rings. The highest BCUT2D eigenvalue weighted by molar-refractivity contribution is 5.64. The van der Waals surface area contributed by atoms with E-state index in [1.165, 1.54) is 6.42 Å². The molecule has 0 radical (unpaired) electrons. The van der Waals surface area contributed by atoms with Gasteiger partial charge in [-0.1, -0.05) is 24.4 Å². The van der Waals surface area contributed by atoms with Crippen molar-refractivity contribution in [1.29, 1.82) is 0 Å². The number of nitrogens with one attached hydrogen (secondary N) is 1. The number of hydrogen-bond acceptors (Lipinski definition) is 2. The van der Waals surface area contributed by atoms with Crippen molar-refractivity contribution in [3.8, 4) is 0 Å². The van der Waals surface area contributed by atoms with Crippen LogP contribution in [0.15, 0.2) is 5.11 Å². The second-order valence-corrected chi connectivity index (χ2v) is 3.86. The molecule has 0 aromatic heterocycles. The van der Waals surface area contributed by atoms with Gasteiger partial charge >= 0.3 is 6.09 Å². The lowest BCUT2D eigenvalue weighted by Crippen LogP contribution is -2.35. The van der Waals surface area contributed by atoms with Gasteiger partial charge < -0.3 is 10.4 Å². The molecule has 0 bridgehead atoms. The third-order valence-corrected chi connectivity index (χ3v) is 2.86. The SMILES string of the molecule is [N-]=[N+]=N[C@@H](CNC(=O)O)C1CCCCC1. The Labute approximate surface area is 88.3 Å². The van der Waals surface area contributed by atoms with Gasteiger partial charge in [0.2, 0.25) is 0 Å². The van der Waals surface area contributed by atoms with Crippen LogP contribution in [0.5, 0.6) is 0 Å². The molecule has 1 rings (SSSR count). The largest absolute Gasteiger partial charge is 0.465 e. The van der Waals surface area contributed by atoms with E-state index in [0.717, 1.165) is 25.7 Å². The van der Waals surface area contributed by atoms with Crippen molar-refractivity contribution in [2.75, 3.05) is 6.54 Å². The maximum Gasteiger partial charge on any atom is 0.404 e. The smallest absolute Gasteiger partial charge is 0.404 e. The standard InChI is InChI=1S/C9H16N4O2/c10-13-12-8(6-11-9(14)15)7-4-2-1-3-5-7/h7-8,11H,1-6H2,(H,14,15)/t8-/m0/s1. The third kappa shape index (κ3) is 4.08. The van der Waals surface area contributed by atoms with E-state index in [1.54, 1.807) is 0 Å². The predicted octanol–water partition coefficient (Wildman–Crippen LogP) is 2.51. The molecule has 2 N–H and O–H groups in total. The average molecular weight is 212 g/mol. The van der Waals surface area contributed by atoms with Crippen LogP contribution in [0.1, 0.15) is 32.1 Å². The van der Waals surface area contributed by atoms with E-state index < -0.39 is 6.09 Å². The molecule has 1 saturated carbocycles. The summed E-state index contributed by atoms with van der Waals surface area (Å²) >= 11 is 0. The Balaban J connectivity index is 2.47. The molecule has 0 aliphatic heterocycles. The van der Waals surface area contributed by atoms with Crippen molar-refractivity contribution >= 4 is 6.09 Å². The fourth-order valence-electron chi connectivity index (χ4n) is 2.08. The maximum atomic E-state index is 10.3. The molecule has 0 aromatic rings. The zero-order valence-electron chi connectivity index (χ0n) is 8.59. The molecular formula is C9H16N4O2. The molecule has 6 heteroatoms. The first-order valence-electron chi connectivity index (χ1n) is 5.25. The Hall–Kier alpha value is -1.42. The van der Waals surface area contributed by atoms with Gasteiger partial charge in [0.1, 0.15) is 0 Å². The zero-order valence-corrected chi connectivity index (χ0v) is 8.59. The number of carbonyl (C=O) groups is 1. The molecule has 0 unspecified atom stereocenters. The summed E-state index contributed by atoms with van der Waals surface area (Å²) < 4.78 is 0. The summed E-state index contributed by atoms with van der Waals surface area (Å²) in [6.07, 6.45) is 4.52. The minimum Gasteiger partial charge on any atom is -0.465 e. The van der Waals surface area contributed by atoms with Gasteiger partial charge in [-0.25, -0.2) is 4.79 Å². The van der Waals surface area contributed by atoms with Gasteiger partial charge in [0, 0.05) is 11.5 Å². The van der Waals surface area contributed by atoms with Crippen LogP contribution in [-0.4, -0.2) is 23.8 Å². The molecule has 1 amide bonds. The molecule has 84 valence electrons. The second kappa shape index (κ2) is 6.14. The van der Waals surface area contributed by atoms with Gasteiger partial charge in [-0.05, 0) is 24.3 Å². The molecule has 1 atom stereocenters. The first kappa shape index (κ1) is 11.7. The van der Waals surface area contributed by atoms with Crippen LogP contribution < -0.4 is 5.32 Å². The van der Waals surface area contributed by atoms with Gasteiger partial charge in [-0.3, -0.25) is 0 Å². The summed E-state index contributed by atoms with van der Waals surface area (Å²) in [4.78, 5) is 13.1. The number of nitrogens with zero attached hydrogens (tertiary/aromatic N) is 3. The molecular weight excluding hydrogens is 196 g/mol. The second-order valence-electron chi connectivity index (χ2n) is 3.86. The molecule has 0 saturated heterocycles. The summed E-state index contributed by atoms with van der Waals surface area (Å²) in [5.41, 5.74) is 8.42. The summed E-state index contributed by atoms with van der Waals surface area (Å²) in [6, 6.07) is -0.230. The van der Waals surface area contributed by atoms with Crippen LogP contribution in [0, 0.1) is 5.92 Å². The van der Waals surface area contributed by atoms with Crippen molar-refractivity contribution in [1.82, 2.24) is 5.32 Å². The summed E-state index contributed by atoms with van der Waals surface area (Å²) in [5.74, 6) is 0.335. The highest BCUT2D eigenvalue weighted by Gasteiger charge is 2.22. The number of carboxylic acid groups (broad SMARTS) is 1. The normalized spacial score (nSPS) is 18.9. The lowest BCUT2D eigenvalue weighted by Gasteiger charge is -2.26. The Kier molecular flexibility index (Phi) is 4.77. The van der Waals surface area contributed by atoms with Crippen LogP contribution in [-0.2, 0) is 0 Å². The van der Waals surface area contributed by atoms with E-state index in [0.29, 0.717) is 5.92 Å². The number of amides is 1. The van der Waals surface area contributed by atoms with Gasteiger partial charge in [0.05, 0.1) is 6.04 Å². The minimum atomic E-state index is -1.07. The lowest BCUT2D eigenvalue weighted by atomic mass is 9.84. The van der Waals surface area contributed by atoms with Gasteiger partial charge in [-0.15, -0.1) is 0 Å². The fourth-order valence-corrected chi connectivity index (χ4v) is 2.08. The van der Waals surface area contributed by atoms with Gasteiger partial charge in [0.25, 0.3) is 0 Å². The fraction of sp³-hybridized carbons (Fsp3) is 0.889. The van der Waals surface area contributed by atoms with E-state index in [2.05, 4.69) is 15.3 Å². The molecule has 1 aliphatic carbocycles. The summed E-state index contributed by atoms with van der Waals surface area (Å²) in [6.45, 7) is 0.226. The minimum absolute atomic E-state index is 0.226. The van der Waals surface area contributed by atoms with E-state index in [4.69, 9.17) is 10.6 Å². The number of azide groups is 1. The monoisotopic (exact) mass is 212 g/mol. The lowest BCUT2D eigenvalue weighted by molar-refractivity contribution is 0.191. The average Bonchev–Trinajstić information content (AvgIpc) is 2.25. The topological polar surface area (TPSA) is 98.1 Å². The van der Waals surface area contributed by atoms with Gasteiger partial charge in [-0.2, -0.15) is 0 Å². The molecule has 0 aromatic carbocycles. The van der Waals surface area contributed by atoms with Gasteiger partial charge in [0.15, 0.2) is 0 Å². The number of hydrogen-bond donors (Lipinski definition) is 2.